The van der Waals surface area contributed by atoms with Gasteiger partial charge in [-0.15, -0.1) is 0 Å². The predicted octanol–water partition coefficient (Wildman–Crippen LogP) is 2.14. The third kappa shape index (κ3) is 3.36. The zero-order valence-electron chi connectivity index (χ0n) is 11.4. The van der Waals surface area contributed by atoms with Crippen molar-refractivity contribution in [1.29, 1.82) is 0 Å². The second-order valence-electron chi connectivity index (χ2n) is 5.36. The third-order valence-corrected chi connectivity index (χ3v) is 3.86. The maximum atomic E-state index is 11.2. The number of aromatic nitrogens is 1. The maximum Gasteiger partial charge on any atom is 0.267 e. The van der Waals surface area contributed by atoms with Crippen molar-refractivity contribution in [3.63, 3.8) is 0 Å². The molecule has 5 N–H and O–H groups in total. The van der Waals surface area contributed by atoms with E-state index in [9.17, 15) is 4.79 Å². The number of nitrogens with two attached hydrogens (primary N) is 2. The molecule has 0 spiro atoms. The number of hydrogen-bond acceptors (Lipinski definition) is 4. The highest BCUT2D eigenvalue weighted by Crippen LogP contribution is 2.27. The van der Waals surface area contributed by atoms with Gasteiger partial charge in [-0.1, -0.05) is 26.2 Å². The van der Waals surface area contributed by atoms with E-state index < -0.39 is 5.91 Å². The molecule has 2 atom stereocenters. The van der Waals surface area contributed by atoms with Gasteiger partial charge in [-0.2, -0.15) is 0 Å². The summed E-state index contributed by atoms with van der Waals surface area (Å²) in [5, 5.41) is 3.39. The van der Waals surface area contributed by atoms with Gasteiger partial charge in [0.05, 0.1) is 5.69 Å². The van der Waals surface area contributed by atoms with Crippen LogP contribution in [0.1, 0.15) is 49.5 Å². The summed E-state index contributed by atoms with van der Waals surface area (Å²) in [6.45, 7) is 2.25. The van der Waals surface area contributed by atoms with E-state index in [-0.39, 0.29) is 5.69 Å². The highest BCUT2D eigenvalue weighted by Gasteiger charge is 2.21. The first kappa shape index (κ1) is 13.6. The van der Waals surface area contributed by atoms with Crippen molar-refractivity contribution in [3.8, 4) is 0 Å². The molecule has 0 aromatic carbocycles. The SMILES string of the molecule is CC1CCCCCC1Nc1nc(C(N)=O)ccc1N. The summed E-state index contributed by atoms with van der Waals surface area (Å²) in [6.07, 6.45) is 6.12. The molecular weight excluding hydrogens is 240 g/mol. The molecule has 0 saturated heterocycles. The third-order valence-electron chi connectivity index (χ3n) is 3.86. The number of pyridine rings is 1. The summed E-state index contributed by atoms with van der Waals surface area (Å²) in [7, 11) is 0. The van der Waals surface area contributed by atoms with Crippen LogP contribution in [-0.4, -0.2) is 16.9 Å². The van der Waals surface area contributed by atoms with E-state index in [4.69, 9.17) is 11.5 Å². The number of primary amides is 1. The van der Waals surface area contributed by atoms with Crippen molar-refractivity contribution >= 4 is 17.4 Å². The van der Waals surface area contributed by atoms with Crippen LogP contribution in [-0.2, 0) is 0 Å². The second kappa shape index (κ2) is 5.91. The van der Waals surface area contributed by atoms with Gasteiger partial charge in [0.2, 0.25) is 0 Å². The molecule has 1 heterocycles. The monoisotopic (exact) mass is 262 g/mol. The Hall–Kier alpha value is -1.78. The van der Waals surface area contributed by atoms with Crippen molar-refractivity contribution in [2.45, 2.75) is 45.1 Å². The van der Waals surface area contributed by atoms with Crippen LogP contribution in [0.3, 0.4) is 0 Å². The van der Waals surface area contributed by atoms with E-state index in [1.165, 1.54) is 25.7 Å². The molecule has 5 heteroatoms. The zero-order chi connectivity index (χ0) is 13.8. The first-order valence-corrected chi connectivity index (χ1v) is 6.91. The second-order valence-corrected chi connectivity index (χ2v) is 5.36. The maximum absolute atomic E-state index is 11.2. The van der Waals surface area contributed by atoms with Gasteiger partial charge in [0.15, 0.2) is 0 Å². The van der Waals surface area contributed by atoms with Gasteiger partial charge in [-0.25, -0.2) is 4.98 Å². The quantitative estimate of drug-likeness (QED) is 0.727. The molecule has 0 radical (unpaired) electrons. The Morgan fingerprint density at radius 3 is 2.79 bits per heavy atom. The van der Waals surface area contributed by atoms with E-state index in [1.807, 2.05) is 0 Å². The highest BCUT2D eigenvalue weighted by molar-refractivity contribution is 5.91. The topological polar surface area (TPSA) is 94.0 Å². The largest absolute Gasteiger partial charge is 0.396 e. The number of carbonyl (C=O) groups is 1. The number of hydrogen-bond donors (Lipinski definition) is 3. The summed E-state index contributed by atoms with van der Waals surface area (Å²) >= 11 is 0. The Balaban J connectivity index is 2.16. The zero-order valence-corrected chi connectivity index (χ0v) is 11.4. The van der Waals surface area contributed by atoms with Crippen LogP contribution in [0.4, 0.5) is 11.5 Å². The number of carbonyl (C=O) groups excluding carboxylic acids is 1. The van der Waals surface area contributed by atoms with Gasteiger partial charge in [-0.05, 0) is 30.9 Å². The first-order valence-electron chi connectivity index (χ1n) is 6.91. The Kier molecular flexibility index (Phi) is 4.24. The first-order chi connectivity index (χ1) is 9.08. The number of anilines is 2. The fourth-order valence-electron chi connectivity index (χ4n) is 2.61. The lowest BCUT2D eigenvalue weighted by molar-refractivity contribution is 0.0995. The summed E-state index contributed by atoms with van der Waals surface area (Å²) in [4.78, 5) is 15.4. The molecule has 5 nitrogen and oxygen atoms in total. The number of nitrogens with zero attached hydrogens (tertiary/aromatic N) is 1. The molecule has 2 unspecified atom stereocenters. The van der Waals surface area contributed by atoms with E-state index in [0.717, 1.165) is 6.42 Å². The molecule has 0 aliphatic heterocycles. The molecule has 19 heavy (non-hydrogen) atoms. The average molecular weight is 262 g/mol. The lowest BCUT2D eigenvalue weighted by Gasteiger charge is -2.24. The van der Waals surface area contributed by atoms with Gasteiger partial charge < -0.3 is 16.8 Å². The molecule has 1 aromatic rings. The average Bonchev–Trinajstić information content (AvgIpc) is 2.57. The summed E-state index contributed by atoms with van der Waals surface area (Å²) in [5.41, 5.74) is 12.0. The molecule has 1 fully saturated rings. The Labute approximate surface area is 113 Å². The van der Waals surface area contributed by atoms with Crippen LogP contribution in [0.25, 0.3) is 0 Å². The van der Waals surface area contributed by atoms with Crippen molar-refractivity contribution in [2.75, 3.05) is 11.1 Å². The summed E-state index contributed by atoms with van der Waals surface area (Å²) in [6, 6.07) is 3.59. The summed E-state index contributed by atoms with van der Waals surface area (Å²) in [5.74, 6) is 0.632. The minimum atomic E-state index is -0.531. The molecule has 1 aliphatic carbocycles. The molecule has 104 valence electrons. The lowest BCUT2D eigenvalue weighted by atomic mass is 9.97. The van der Waals surface area contributed by atoms with Crippen molar-refractivity contribution in [3.05, 3.63) is 17.8 Å². The van der Waals surface area contributed by atoms with Crippen LogP contribution in [0, 0.1) is 5.92 Å². The Morgan fingerprint density at radius 2 is 2.05 bits per heavy atom. The number of rotatable bonds is 3. The van der Waals surface area contributed by atoms with Crippen LogP contribution in [0.15, 0.2) is 12.1 Å². The Bertz CT molecular complexity index is 461. The van der Waals surface area contributed by atoms with Crippen LogP contribution in [0.5, 0.6) is 0 Å². The number of nitrogen functional groups attached to an aromatic ring is 1. The molecule has 1 amide bonds. The molecule has 2 rings (SSSR count). The van der Waals surface area contributed by atoms with Gasteiger partial charge in [-0.3, -0.25) is 4.79 Å². The fraction of sp³-hybridized carbons (Fsp3) is 0.571. The molecule has 0 bridgehead atoms. The van der Waals surface area contributed by atoms with Crippen LogP contribution < -0.4 is 16.8 Å². The van der Waals surface area contributed by atoms with Gasteiger partial charge in [0, 0.05) is 6.04 Å². The minimum absolute atomic E-state index is 0.248. The highest BCUT2D eigenvalue weighted by atomic mass is 16.1. The smallest absolute Gasteiger partial charge is 0.267 e. The van der Waals surface area contributed by atoms with E-state index in [1.54, 1.807) is 12.1 Å². The standard InChI is InChI=1S/C14H22N4O/c1-9-5-3-2-4-6-11(9)17-14-10(15)7-8-12(18-14)13(16)19/h7-9,11H,2-6,15H2,1H3,(H2,16,19)(H,17,18). The predicted molar refractivity (Wildman–Crippen MR) is 76.8 cm³/mol. The minimum Gasteiger partial charge on any atom is -0.396 e. The van der Waals surface area contributed by atoms with E-state index in [0.29, 0.717) is 23.5 Å². The van der Waals surface area contributed by atoms with Crippen molar-refractivity contribution in [2.24, 2.45) is 11.7 Å². The van der Waals surface area contributed by atoms with Gasteiger partial charge in [0.25, 0.3) is 5.91 Å². The molecule has 1 saturated carbocycles. The molecule has 1 aromatic heterocycles. The van der Waals surface area contributed by atoms with Crippen LogP contribution in [0.2, 0.25) is 0 Å². The normalized spacial score (nSPS) is 23.6. The Morgan fingerprint density at radius 1 is 1.32 bits per heavy atom. The fourth-order valence-corrected chi connectivity index (χ4v) is 2.61. The van der Waals surface area contributed by atoms with Crippen molar-refractivity contribution in [1.82, 2.24) is 4.98 Å². The van der Waals surface area contributed by atoms with E-state index in [2.05, 4.69) is 17.2 Å². The van der Waals surface area contributed by atoms with Crippen LogP contribution >= 0.6 is 0 Å². The van der Waals surface area contributed by atoms with Gasteiger partial charge in [0.1, 0.15) is 11.5 Å². The number of amides is 1. The lowest BCUT2D eigenvalue weighted by Crippen LogP contribution is -2.27. The van der Waals surface area contributed by atoms with Crippen molar-refractivity contribution < 1.29 is 4.79 Å². The van der Waals surface area contributed by atoms with Gasteiger partial charge >= 0.3 is 0 Å². The summed E-state index contributed by atoms with van der Waals surface area (Å²) < 4.78 is 0. The molecular formula is C14H22N4O. The molecule has 1 aliphatic rings. The van der Waals surface area contributed by atoms with E-state index >= 15 is 0 Å². The number of nitrogens with one attached hydrogen (secondary N) is 1.